The molecule has 5 heteroatoms. The monoisotopic (exact) mass is 256 g/mol. The number of nitrogens with zero attached hydrogens (tertiary/aromatic N) is 1. The van der Waals surface area contributed by atoms with Gasteiger partial charge in [0, 0.05) is 11.8 Å². The first-order valence-electron chi connectivity index (χ1n) is 5.84. The maximum absolute atomic E-state index is 12.4. The summed E-state index contributed by atoms with van der Waals surface area (Å²) in [5.74, 6) is 0.562. The number of imidazole rings is 1. The molecule has 0 radical (unpaired) electrons. The van der Waals surface area contributed by atoms with E-state index in [1.807, 2.05) is 13.8 Å². The zero-order valence-electron chi connectivity index (χ0n) is 10.5. The number of phenolic OH excluding ortho intramolecular Hbond substituents is 1. The number of H-pyrrole nitrogens is 1. The SMILES string of the molecule is Cc1nc(-c2coc3cc(O)ccc3c2=O)[nH]c1C. The average Bonchev–Trinajstić information content (AvgIpc) is 2.69. The lowest BCUT2D eigenvalue weighted by Crippen LogP contribution is -2.05. The maximum Gasteiger partial charge on any atom is 0.203 e. The Morgan fingerprint density at radius 3 is 2.79 bits per heavy atom. The van der Waals surface area contributed by atoms with Crippen LogP contribution in [0.15, 0.2) is 33.7 Å². The second-order valence-corrected chi connectivity index (χ2v) is 4.45. The molecule has 1 aromatic carbocycles. The topological polar surface area (TPSA) is 79.1 Å². The van der Waals surface area contributed by atoms with E-state index in [4.69, 9.17) is 4.42 Å². The summed E-state index contributed by atoms with van der Waals surface area (Å²) < 4.78 is 5.39. The number of aromatic hydroxyl groups is 1. The van der Waals surface area contributed by atoms with Crippen molar-refractivity contribution < 1.29 is 9.52 Å². The molecule has 0 saturated carbocycles. The van der Waals surface area contributed by atoms with Crippen molar-refractivity contribution in [3.63, 3.8) is 0 Å². The van der Waals surface area contributed by atoms with Gasteiger partial charge in [0.25, 0.3) is 0 Å². The van der Waals surface area contributed by atoms with Crippen LogP contribution in [0.1, 0.15) is 11.4 Å². The van der Waals surface area contributed by atoms with Crippen LogP contribution in [0.4, 0.5) is 0 Å². The molecule has 19 heavy (non-hydrogen) atoms. The predicted molar refractivity (Wildman–Crippen MR) is 71.2 cm³/mol. The molecular formula is C14H12N2O3. The van der Waals surface area contributed by atoms with Crippen molar-refractivity contribution in [3.8, 4) is 17.1 Å². The Bertz CT molecular complexity index is 811. The summed E-state index contributed by atoms with van der Waals surface area (Å²) in [4.78, 5) is 19.7. The minimum Gasteiger partial charge on any atom is -0.508 e. The molecule has 0 fully saturated rings. The van der Waals surface area contributed by atoms with Gasteiger partial charge in [0.05, 0.1) is 11.1 Å². The molecule has 3 aromatic rings. The highest BCUT2D eigenvalue weighted by Crippen LogP contribution is 2.21. The van der Waals surface area contributed by atoms with Crippen molar-refractivity contribution in [1.29, 1.82) is 0 Å². The van der Waals surface area contributed by atoms with Crippen LogP contribution in [0.25, 0.3) is 22.4 Å². The lowest BCUT2D eigenvalue weighted by atomic mass is 10.1. The van der Waals surface area contributed by atoms with E-state index in [0.717, 1.165) is 11.4 Å². The number of aryl methyl sites for hydroxylation is 2. The van der Waals surface area contributed by atoms with E-state index in [2.05, 4.69) is 9.97 Å². The van der Waals surface area contributed by atoms with Gasteiger partial charge in [0.1, 0.15) is 29.0 Å². The summed E-state index contributed by atoms with van der Waals surface area (Å²) in [6, 6.07) is 4.42. The quantitative estimate of drug-likeness (QED) is 0.701. The highest BCUT2D eigenvalue weighted by Gasteiger charge is 2.13. The van der Waals surface area contributed by atoms with Crippen molar-refractivity contribution in [3.05, 3.63) is 46.1 Å². The molecule has 0 saturated heterocycles. The Labute approximate surface area is 108 Å². The number of aromatic nitrogens is 2. The van der Waals surface area contributed by atoms with Gasteiger partial charge in [-0.25, -0.2) is 4.98 Å². The number of hydrogen-bond acceptors (Lipinski definition) is 4. The molecule has 2 heterocycles. The summed E-state index contributed by atoms with van der Waals surface area (Å²) in [6.07, 6.45) is 1.36. The van der Waals surface area contributed by atoms with Crippen molar-refractivity contribution >= 4 is 11.0 Å². The summed E-state index contributed by atoms with van der Waals surface area (Å²) >= 11 is 0. The third-order valence-electron chi connectivity index (χ3n) is 3.14. The van der Waals surface area contributed by atoms with Crippen LogP contribution in [0, 0.1) is 13.8 Å². The Hall–Kier alpha value is -2.56. The maximum atomic E-state index is 12.4. The van der Waals surface area contributed by atoms with E-state index in [-0.39, 0.29) is 11.2 Å². The van der Waals surface area contributed by atoms with Crippen LogP contribution in [0.2, 0.25) is 0 Å². The molecular weight excluding hydrogens is 244 g/mol. The van der Waals surface area contributed by atoms with Crippen LogP contribution < -0.4 is 5.43 Å². The molecule has 0 atom stereocenters. The zero-order chi connectivity index (χ0) is 13.6. The summed E-state index contributed by atoms with van der Waals surface area (Å²) in [5, 5.41) is 9.79. The fourth-order valence-corrected chi connectivity index (χ4v) is 1.96. The third-order valence-corrected chi connectivity index (χ3v) is 3.14. The lowest BCUT2D eigenvalue weighted by Gasteiger charge is -2.00. The van der Waals surface area contributed by atoms with Gasteiger partial charge in [-0.1, -0.05) is 0 Å². The number of phenols is 1. The number of rotatable bonds is 1. The van der Waals surface area contributed by atoms with Crippen molar-refractivity contribution in [2.45, 2.75) is 13.8 Å². The average molecular weight is 256 g/mol. The van der Waals surface area contributed by atoms with Crippen LogP contribution in [0.5, 0.6) is 5.75 Å². The minimum absolute atomic E-state index is 0.0630. The van der Waals surface area contributed by atoms with Crippen molar-refractivity contribution in [2.75, 3.05) is 0 Å². The molecule has 5 nitrogen and oxygen atoms in total. The second kappa shape index (κ2) is 3.98. The Morgan fingerprint density at radius 2 is 2.11 bits per heavy atom. The molecule has 0 bridgehead atoms. The fraction of sp³-hybridized carbons (Fsp3) is 0.143. The predicted octanol–water partition coefficient (Wildman–Crippen LogP) is 2.51. The highest BCUT2D eigenvalue weighted by atomic mass is 16.3. The van der Waals surface area contributed by atoms with E-state index < -0.39 is 0 Å². The standard InChI is InChI=1S/C14H12N2O3/c1-7-8(2)16-14(15-7)11-6-19-12-5-9(17)3-4-10(12)13(11)18/h3-6,17H,1-2H3,(H,15,16). The molecule has 0 aliphatic heterocycles. The van der Waals surface area contributed by atoms with E-state index in [9.17, 15) is 9.90 Å². The molecule has 0 aliphatic rings. The molecule has 0 aliphatic carbocycles. The van der Waals surface area contributed by atoms with Crippen molar-refractivity contribution in [2.24, 2.45) is 0 Å². The first kappa shape index (κ1) is 11.5. The largest absolute Gasteiger partial charge is 0.508 e. The zero-order valence-corrected chi connectivity index (χ0v) is 10.5. The molecule has 2 aromatic heterocycles. The smallest absolute Gasteiger partial charge is 0.203 e. The normalized spacial score (nSPS) is 11.1. The summed E-state index contributed by atoms with van der Waals surface area (Å²) in [7, 11) is 0. The minimum atomic E-state index is -0.171. The third kappa shape index (κ3) is 1.79. The number of hydrogen-bond donors (Lipinski definition) is 2. The van der Waals surface area contributed by atoms with Crippen LogP contribution in [-0.4, -0.2) is 15.1 Å². The lowest BCUT2D eigenvalue weighted by molar-refractivity contribution is 0.474. The molecule has 0 amide bonds. The molecule has 0 spiro atoms. The molecule has 0 unspecified atom stereocenters. The van der Waals surface area contributed by atoms with Crippen molar-refractivity contribution in [1.82, 2.24) is 9.97 Å². The van der Waals surface area contributed by atoms with E-state index >= 15 is 0 Å². The van der Waals surface area contributed by atoms with Gasteiger partial charge in [0.2, 0.25) is 5.43 Å². The van der Waals surface area contributed by atoms with E-state index in [1.165, 1.54) is 18.4 Å². The van der Waals surface area contributed by atoms with E-state index in [1.54, 1.807) is 6.07 Å². The van der Waals surface area contributed by atoms with Gasteiger partial charge >= 0.3 is 0 Å². The Kier molecular flexibility index (Phi) is 2.41. The van der Waals surface area contributed by atoms with Crippen LogP contribution in [-0.2, 0) is 0 Å². The van der Waals surface area contributed by atoms with Gasteiger partial charge in [0.15, 0.2) is 0 Å². The van der Waals surface area contributed by atoms with Gasteiger partial charge in [-0.2, -0.15) is 0 Å². The number of fused-ring (bicyclic) bond motifs is 1. The first-order chi connectivity index (χ1) is 9.06. The summed E-state index contributed by atoms with van der Waals surface area (Å²) in [5.41, 5.74) is 2.33. The van der Waals surface area contributed by atoms with Gasteiger partial charge in [-0.3, -0.25) is 4.79 Å². The fourth-order valence-electron chi connectivity index (χ4n) is 1.96. The van der Waals surface area contributed by atoms with E-state index in [0.29, 0.717) is 22.4 Å². The molecule has 96 valence electrons. The molecule has 3 rings (SSSR count). The van der Waals surface area contributed by atoms with Crippen LogP contribution >= 0.6 is 0 Å². The number of benzene rings is 1. The van der Waals surface area contributed by atoms with Gasteiger partial charge in [-0.05, 0) is 26.0 Å². The van der Waals surface area contributed by atoms with Crippen LogP contribution in [0.3, 0.4) is 0 Å². The number of nitrogens with one attached hydrogen (secondary N) is 1. The number of aromatic amines is 1. The Morgan fingerprint density at radius 1 is 1.32 bits per heavy atom. The highest BCUT2D eigenvalue weighted by molar-refractivity contribution is 5.81. The van der Waals surface area contributed by atoms with Gasteiger partial charge < -0.3 is 14.5 Å². The first-order valence-corrected chi connectivity index (χ1v) is 5.84. The summed E-state index contributed by atoms with van der Waals surface area (Å²) in [6.45, 7) is 3.77. The van der Waals surface area contributed by atoms with Gasteiger partial charge in [-0.15, -0.1) is 0 Å². The second-order valence-electron chi connectivity index (χ2n) is 4.45. The Balaban J connectivity index is 2.29. The molecule has 2 N–H and O–H groups in total.